The maximum absolute atomic E-state index is 9.78. The average Bonchev–Trinajstić information content (AvgIpc) is 2.10. The molecule has 0 bridgehead atoms. The van der Waals surface area contributed by atoms with Crippen molar-refractivity contribution in [2.24, 2.45) is 5.92 Å². The zero-order valence-electron chi connectivity index (χ0n) is 8.71. The Morgan fingerprint density at radius 3 is 2.77 bits per heavy atom. The Hall–Kier alpha value is -0.560. The second kappa shape index (κ2) is 4.61. The molecule has 0 aliphatic heterocycles. The zero-order valence-corrected chi connectivity index (χ0v) is 8.71. The molecule has 0 spiro atoms. The lowest BCUT2D eigenvalue weighted by Gasteiger charge is -2.27. The van der Waals surface area contributed by atoms with E-state index >= 15 is 0 Å². The minimum Gasteiger partial charge on any atom is -0.393 e. The maximum Gasteiger partial charge on any atom is 0.0605 e. The fourth-order valence-corrected chi connectivity index (χ4v) is 1.98. The van der Waals surface area contributed by atoms with Gasteiger partial charge in [-0.05, 0) is 45.4 Å². The number of hydrogen-bond acceptors (Lipinski definition) is 1. The highest BCUT2D eigenvalue weighted by molar-refractivity contribution is 5.14. The Morgan fingerprint density at radius 1 is 1.54 bits per heavy atom. The van der Waals surface area contributed by atoms with Gasteiger partial charge in [-0.2, -0.15) is 0 Å². The fraction of sp³-hybridized carbons (Fsp3) is 0.667. The van der Waals surface area contributed by atoms with Crippen molar-refractivity contribution in [3.63, 3.8) is 0 Å². The molecule has 0 heterocycles. The van der Waals surface area contributed by atoms with Crippen LogP contribution in [-0.4, -0.2) is 11.2 Å². The van der Waals surface area contributed by atoms with Crippen LogP contribution >= 0.6 is 0 Å². The van der Waals surface area contributed by atoms with Crippen LogP contribution in [0.4, 0.5) is 0 Å². The second-order valence-corrected chi connectivity index (χ2v) is 4.16. The molecule has 1 nitrogen and oxygen atoms in total. The SMILES string of the molecule is C=CCC(O)C1CCC(C)=C(C)C1. The number of aliphatic hydroxyl groups is 1. The van der Waals surface area contributed by atoms with Crippen LogP contribution in [0.15, 0.2) is 23.8 Å². The Balaban J connectivity index is 2.52. The van der Waals surface area contributed by atoms with Crippen LogP contribution < -0.4 is 0 Å². The van der Waals surface area contributed by atoms with E-state index in [2.05, 4.69) is 20.4 Å². The van der Waals surface area contributed by atoms with Gasteiger partial charge in [0.15, 0.2) is 0 Å². The summed E-state index contributed by atoms with van der Waals surface area (Å²) in [7, 11) is 0. The average molecular weight is 180 g/mol. The first-order valence-corrected chi connectivity index (χ1v) is 5.09. The standard InChI is InChI=1S/C12H20O/c1-4-5-12(13)11-7-6-9(2)10(3)8-11/h4,11-13H,1,5-8H2,2-3H3. The normalized spacial score (nSPS) is 25.9. The fourth-order valence-electron chi connectivity index (χ4n) is 1.98. The van der Waals surface area contributed by atoms with Crippen LogP contribution in [0.5, 0.6) is 0 Å². The monoisotopic (exact) mass is 180 g/mol. The van der Waals surface area contributed by atoms with Gasteiger partial charge in [-0.25, -0.2) is 0 Å². The molecule has 0 aromatic rings. The Kier molecular flexibility index (Phi) is 3.73. The molecule has 1 N–H and O–H groups in total. The Morgan fingerprint density at radius 2 is 2.23 bits per heavy atom. The third-order valence-corrected chi connectivity index (χ3v) is 3.14. The van der Waals surface area contributed by atoms with Crippen molar-refractivity contribution in [1.29, 1.82) is 0 Å². The van der Waals surface area contributed by atoms with E-state index in [1.54, 1.807) is 0 Å². The molecule has 0 aromatic carbocycles. The summed E-state index contributed by atoms with van der Waals surface area (Å²) in [6.07, 6.45) is 5.73. The lowest BCUT2D eigenvalue weighted by atomic mass is 9.81. The summed E-state index contributed by atoms with van der Waals surface area (Å²) in [5.74, 6) is 0.460. The predicted octanol–water partition coefficient (Wildman–Crippen LogP) is 3.06. The van der Waals surface area contributed by atoms with Gasteiger partial charge in [-0.3, -0.25) is 0 Å². The first-order chi connectivity index (χ1) is 6.15. The van der Waals surface area contributed by atoms with E-state index in [1.165, 1.54) is 11.1 Å². The van der Waals surface area contributed by atoms with Gasteiger partial charge in [0.1, 0.15) is 0 Å². The first kappa shape index (κ1) is 10.5. The summed E-state index contributed by atoms with van der Waals surface area (Å²) in [6, 6.07) is 0. The highest BCUT2D eigenvalue weighted by Crippen LogP contribution is 2.31. The molecular formula is C12H20O. The molecule has 0 radical (unpaired) electrons. The predicted molar refractivity (Wildman–Crippen MR) is 56.5 cm³/mol. The van der Waals surface area contributed by atoms with Crippen molar-refractivity contribution >= 4 is 0 Å². The highest BCUT2D eigenvalue weighted by Gasteiger charge is 2.22. The van der Waals surface area contributed by atoms with Crippen molar-refractivity contribution in [2.45, 2.75) is 45.6 Å². The van der Waals surface area contributed by atoms with E-state index in [1.807, 2.05) is 6.08 Å². The minimum atomic E-state index is -0.180. The Labute approximate surface area is 81.2 Å². The molecule has 2 unspecified atom stereocenters. The van der Waals surface area contributed by atoms with Crippen molar-refractivity contribution in [2.75, 3.05) is 0 Å². The molecule has 1 aliphatic rings. The summed E-state index contributed by atoms with van der Waals surface area (Å²) in [4.78, 5) is 0. The summed E-state index contributed by atoms with van der Waals surface area (Å²) in [5.41, 5.74) is 2.99. The quantitative estimate of drug-likeness (QED) is 0.662. The van der Waals surface area contributed by atoms with Gasteiger partial charge in [0.2, 0.25) is 0 Å². The zero-order chi connectivity index (χ0) is 9.84. The molecule has 0 amide bonds. The minimum absolute atomic E-state index is 0.180. The van der Waals surface area contributed by atoms with Crippen LogP contribution in [0, 0.1) is 5.92 Å². The van der Waals surface area contributed by atoms with Gasteiger partial charge in [0.25, 0.3) is 0 Å². The van der Waals surface area contributed by atoms with Gasteiger partial charge in [0.05, 0.1) is 6.10 Å². The number of rotatable bonds is 3. The smallest absolute Gasteiger partial charge is 0.0605 e. The van der Waals surface area contributed by atoms with Crippen LogP contribution in [0.25, 0.3) is 0 Å². The van der Waals surface area contributed by atoms with Crippen molar-refractivity contribution in [3.8, 4) is 0 Å². The Bertz CT molecular complexity index is 215. The second-order valence-electron chi connectivity index (χ2n) is 4.16. The van der Waals surface area contributed by atoms with E-state index in [4.69, 9.17) is 0 Å². The van der Waals surface area contributed by atoms with E-state index in [9.17, 15) is 5.11 Å². The van der Waals surface area contributed by atoms with Gasteiger partial charge in [-0.15, -0.1) is 6.58 Å². The molecule has 0 aromatic heterocycles. The molecule has 0 saturated carbocycles. The number of allylic oxidation sites excluding steroid dienone is 2. The van der Waals surface area contributed by atoms with E-state index < -0.39 is 0 Å². The van der Waals surface area contributed by atoms with E-state index in [0.717, 1.165) is 25.7 Å². The molecule has 1 rings (SSSR count). The van der Waals surface area contributed by atoms with Crippen LogP contribution in [0.2, 0.25) is 0 Å². The van der Waals surface area contributed by atoms with Crippen LogP contribution in [0.3, 0.4) is 0 Å². The number of aliphatic hydroxyl groups excluding tert-OH is 1. The van der Waals surface area contributed by atoms with E-state index in [-0.39, 0.29) is 6.10 Å². The van der Waals surface area contributed by atoms with Crippen LogP contribution in [0.1, 0.15) is 39.5 Å². The molecule has 13 heavy (non-hydrogen) atoms. The molecule has 2 atom stereocenters. The van der Waals surface area contributed by atoms with Crippen molar-refractivity contribution in [1.82, 2.24) is 0 Å². The lowest BCUT2D eigenvalue weighted by Crippen LogP contribution is -2.22. The third kappa shape index (κ3) is 2.70. The first-order valence-electron chi connectivity index (χ1n) is 5.09. The largest absolute Gasteiger partial charge is 0.393 e. The van der Waals surface area contributed by atoms with Gasteiger partial charge in [0, 0.05) is 0 Å². The third-order valence-electron chi connectivity index (χ3n) is 3.14. The summed E-state index contributed by atoms with van der Waals surface area (Å²) >= 11 is 0. The topological polar surface area (TPSA) is 20.2 Å². The van der Waals surface area contributed by atoms with Gasteiger partial charge >= 0.3 is 0 Å². The molecule has 0 saturated heterocycles. The van der Waals surface area contributed by atoms with Gasteiger partial charge in [-0.1, -0.05) is 17.2 Å². The summed E-state index contributed by atoms with van der Waals surface area (Å²) in [5, 5.41) is 9.78. The highest BCUT2D eigenvalue weighted by atomic mass is 16.3. The molecular weight excluding hydrogens is 160 g/mol. The molecule has 1 heteroatoms. The summed E-state index contributed by atoms with van der Waals surface area (Å²) in [6.45, 7) is 8.04. The number of hydrogen-bond donors (Lipinski definition) is 1. The van der Waals surface area contributed by atoms with E-state index in [0.29, 0.717) is 5.92 Å². The summed E-state index contributed by atoms with van der Waals surface area (Å²) < 4.78 is 0. The molecule has 0 fully saturated rings. The lowest BCUT2D eigenvalue weighted by molar-refractivity contribution is 0.102. The maximum atomic E-state index is 9.78. The van der Waals surface area contributed by atoms with Crippen molar-refractivity contribution < 1.29 is 5.11 Å². The van der Waals surface area contributed by atoms with Gasteiger partial charge < -0.3 is 5.11 Å². The molecule has 1 aliphatic carbocycles. The van der Waals surface area contributed by atoms with Crippen LogP contribution in [-0.2, 0) is 0 Å². The van der Waals surface area contributed by atoms with Crippen molar-refractivity contribution in [3.05, 3.63) is 23.8 Å². The molecule has 74 valence electrons.